The lowest BCUT2D eigenvalue weighted by Crippen LogP contribution is -2.39. The van der Waals surface area contributed by atoms with Crippen LogP contribution in [0.4, 0.5) is 0 Å². The molecule has 24 heavy (non-hydrogen) atoms. The van der Waals surface area contributed by atoms with Gasteiger partial charge in [-0.05, 0) is 42.7 Å². The third kappa shape index (κ3) is 5.96. The fraction of sp³-hybridized carbons (Fsp3) is 0.421. The molecule has 1 atom stereocenters. The van der Waals surface area contributed by atoms with Crippen molar-refractivity contribution >= 4 is 17.7 Å². The van der Waals surface area contributed by atoms with E-state index in [0.29, 0.717) is 13.0 Å². The van der Waals surface area contributed by atoms with Gasteiger partial charge in [-0.15, -0.1) is 0 Å². The van der Waals surface area contributed by atoms with E-state index in [1.807, 2.05) is 43.3 Å². The largest absolute Gasteiger partial charge is 0.481 e. The zero-order valence-corrected chi connectivity index (χ0v) is 15.1. The maximum absolute atomic E-state index is 12.2. The lowest BCUT2D eigenvalue weighted by molar-refractivity contribution is -0.127. The van der Waals surface area contributed by atoms with Gasteiger partial charge < -0.3 is 14.5 Å². The van der Waals surface area contributed by atoms with Crippen molar-refractivity contribution in [2.45, 2.75) is 38.5 Å². The number of amides is 1. The number of hydrogen-bond acceptors (Lipinski definition) is 4. The van der Waals surface area contributed by atoms with Crippen LogP contribution < -0.4 is 10.1 Å². The maximum atomic E-state index is 12.2. The van der Waals surface area contributed by atoms with E-state index in [0.717, 1.165) is 29.4 Å². The molecule has 130 valence electrons. The van der Waals surface area contributed by atoms with Crippen molar-refractivity contribution in [2.75, 3.05) is 12.3 Å². The van der Waals surface area contributed by atoms with E-state index in [2.05, 4.69) is 12.2 Å². The third-order valence-electron chi connectivity index (χ3n) is 3.64. The van der Waals surface area contributed by atoms with Gasteiger partial charge in [-0.1, -0.05) is 26.0 Å². The summed E-state index contributed by atoms with van der Waals surface area (Å²) in [6.07, 6.45) is 2.86. The molecule has 0 saturated heterocycles. The van der Waals surface area contributed by atoms with Crippen LogP contribution in [0.2, 0.25) is 0 Å². The van der Waals surface area contributed by atoms with Gasteiger partial charge in [0.1, 0.15) is 11.5 Å². The lowest BCUT2D eigenvalue weighted by atomic mass is 10.2. The normalized spacial score (nSPS) is 11.9. The Kier molecular flexibility index (Phi) is 7.75. The molecule has 5 heteroatoms. The summed E-state index contributed by atoms with van der Waals surface area (Å²) in [5.41, 5.74) is 1.26. The summed E-state index contributed by atoms with van der Waals surface area (Å²) >= 11 is 1.73. The van der Waals surface area contributed by atoms with Crippen LogP contribution in [0.5, 0.6) is 5.75 Å². The van der Waals surface area contributed by atoms with Crippen LogP contribution >= 0.6 is 11.8 Å². The molecule has 0 unspecified atom stereocenters. The lowest BCUT2D eigenvalue weighted by Gasteiger charge is -2.17. The molecular weight excluding hydrogens is 322 g/mol. The number of hydrogen-bond donors (Lipinski definition) is 1. The molecule has 1 heterocycles. The van der Waals surface area contributed by atoms with Gasteiger partial charge in [-0.2, -0.15) is 11.8 Å². The minimum atomic E-state index is -0.451. The van der Waals surface area contributed by atoms with Gasteiger partial charge in [0.25, 0.3) is 5.91 Å². The van der Waals surface area contributed by atoms with Crippen molar-refractivity contribution < 1.29 is 13.9 Å². The highest BCUT2D eigenvalue weighted by molar-refractivity contribution is 7.98. The Balaban J connectivity index is 1.70. The van der Waals surface area contributed by atoms with Gasteiger partial charge in [-0.25, -0.2) is 0 Å². The molecule has 1 amide bonds. The Hall–Kier alpha value is -1.88. The van der Waals surface area contributed by atoms with E-state index in [-0.39, 0.29) is 5.91 Å². The van der Waals surface area contributed by atoms with E-state index in [1.165, 1.54) is 5.56 Å². The molecule has 0 saturated carbocycles. The molecule has 0 radical (unpaired) electrons. The molecule has 1 N–H and O–H groups in total. The highest BCUT2D eigenvalue weighted by atomic mass is 32.2. The van der Waals surface area contributed by atoms with Crippen LogP contribution in [0, 0.1) is 0 Å². The average Bonchev–Trinajstić information content (AvgIpc) is 3.13. The zero-order valence-electron chi connectivity index (χ0n) is 14.3. The summed E-state index contributed by atoms with van der Waals surface area (Å²) in [6.45, 7) is 4.69. The predicted molar refractivity (Wildman–Crippen MR) is 98.4 cm³/mol. The van der Waals surface area contributed by atoms with Gasteiger partial charge >= 0.3 is 0 Å². The Morgan fingerprint density at radius 3 is 2.67 bits per heavy atom. The standard InChI is InChI=1S/C19H25NO3S/c1-3-15-7-9-16(10-8-15)23-18(4-2)19(21)20-11-13-24-14-17-6-5-12-22-17/h5-10,12,18H,3-4,11,13-14H2,1-2H3,(H,20,21)/t18-/m1/s1. The minimum absolute atomic E-state index is 0.0596. The molecule has 2 aromatic rings. The third-order valence-corrected chi connectivity index (χ3v) is 4.62. The Bertz CT molecular complexity index is 596. The number of nitrogens with one attached hydrogen (secondary N) is 1. The van der Waals surface area contributed by atoms with Gasteiger partial charge in [-0.3, -0.25) is 4.79 Å². The molecule has 4 nitrogen and oxygen atoms in total. The van der Waals surface area contributed by atoms with Crippen LogP contribution in [0.3, 0.4) is 0 Å². The summed E-state index contributed by atoms with van der Waals surface area (Å²) in [5.74, 6) is 3.29. The van der Waals surface area contributed by atoms with E-state index in [4.69, 9.17) is 9.15 Å². The first-order valence-electron chi connectivity index (χ1n) is 8.36. The van der Waals surface area contributed by atoms with Gasteiger partial charge in [0, 0.05) is 12.3 Å². The second-order valence-electron chi connectivity index (χ2n) is 5.44. The Morgan fingerprint density at radius 2 is 2.04 bits per heavy atom. The van der Waals surface area contributed by atoms with Crippen LogP contribution in [0.1, 0.15) is 31.6 Å². The van der Waals surface area contributed by atoms with Crippen LogP contribution in [0.25, 0.3) is 0 Å². The second-order valence-corrected chi connectivity index (χ2v) is 6.54. The summed E-state index contributed by atoms with van der Waals surface area (Å²) < 4.78 is 11.1. The van der Waals surface area contributed by atoms with Crippen molar-refractivity contribution in [3.05, 3.63) is 54.0 Å². The number of thioether (sulfide) groups is 1. The molecule has 1 aromatic heterocycles. The molecule has 1 aromatic carbocycles. The predicted octanol–water partition coefficient (Wildman–Crippen LogP) is 4.05. The maximum Gasteiger partial charge on any atom is 0.261 e. The van der Waals surface area contributed by atoms with Crippen molar-refractivity contribution in [1.29, 1.82) is 0 Å². The van der Waals surface area contributed by atoms with Crippen LogP contribution in [0.15, 0.2) is 47.1 Å². The molecular formula is C19H25NO3S. The highest BCUT2D eigenvalue weighted by Gasteiger charge is 2.17. The molecule has 0 spiro atoms. The summed E-state index contributed by atoms with van der Waals surface area (Å²) in [6, 6.07) is 11.8. The number of aryl methyl sites for hydroxylation is 1. The number of furan rings is 1. The number of carbonyl (C=O) groups is 1. The average molecular weight is 347 g/mol. The number of carbonyl (C=O) groups excluding carboxylic acids is 1. The van der Waals surface area contributed by atoms with E-state index >= 15 is 0 Å². The second kappa shape index (κ2) is 10.1. The highest BCUT2D eigenvalue weighted by Crippen LogP contribution is 2.16. The monoisotopic (exact) mass is 347 g/mol. The number of benzene rings is 1. The molecule has 0 fully saturated rings. The summed E-state index contributed by atoms with van der Waals surface area (Å²) in [5, 5.41) is 2.94. The van der Waals surface area contributed by atoms with Gasteiger partial charge in [0.05, 0.1) is 12.0 Å². The van der Waals surface area contributed by atoms with Crippen LogP contribution in [-0.4, -0.2) is 24.3 Å². The quantitative estimate of drug-likeness (QED) is 0.659. The zero-order chi connectivity index (χ0) is 17.2. The molecule has 2 rings (SSSR count). The SMILES string of the molecule is CCc1ccc(O[C@H](CC)C(=O)NCCSCc2ccco2)cc1. The first-order chi connectivity index (χ1) is 11.7. The van der Waals surface area contributed by atoms with E-state index < -0.39 is 6.10 Å². The van der Waals surface area contributed by atoms with Crippen LogP contribution in [-0.2, 0) is 17.0 Å². The Labute approximate surface area is 148 Å². The summed E-state index contributed by atoms with van der Waals surface area (Å²) in [4.78, 5) is 12.2. The van der Waals surface area contributed by atoms with Crippen molar-refractivity contribution in [1.82, 2.24) is 5.32 Å². The summed E-state index contributed by atoms with van der Waals surface area (Å²) in [7, 11) is 0. The topological polar surface area (TPSA) is 51.5 Å². The molecule has 0 aliphatic heterocycles. The minimum Gasteiger partial charge on any atom is -0.481 e. The van der Waals surface area contributed by atoms with Crippen molar-refractivity contribution in [3.63, 3.8) is 0 Å². The fourth-order valence-electron chi connectivity index (χ4n) is 2.22. The fourth-order valence-corrected chi connectivity index (χ4v) is 2.97. The van der Waals surface area contributed by atoms with Gasteiger partial charge in [0.15, 0.2) is 6.10 Å². The molecule has 0 aliphatic rings. The number of ether oxygens (including phenoxy) is 1. The van der Waals surface area contributed by atoms with Crippen molar-refractivity contribution in [2.24, 2.45) is 0 Å². The van der Waals surface area contributed by atoms with E-state index in [9.17, 15) is 4.79 Å². The van der Waals surface area contributed by atoms with Gasteiger partial charge in [0.2, 0.25) is 0 Å². The Morgan fingerprint density at radius 1 is 1.25 bits per heavy atom. The first-order valence-corrected chi connectivity index (χ1v) is 9.51. The van der Waals surface area contributed by atoms with Crippen molar-refractivity contribution in [3.8, 4) is 5.75 Å². The van der Waals surface area contributed by atoms with E-state index in [1.54, 1.807) is 18.0 Å². The first kappa shape index (κ1) is 18.5. The number of rotatable bonds is 10. The molecule has 0 aliphatic carbocycles. The molecule has 0 bridgehead atoms. The smallest absolute Gasteiger partial charge is 0.261 e.